The van der Waals surface area contributed by atoms with E-state index in [1.165, 1.54) is 16.7 Å². The second-order valence-electron chi connectivity index (χ2n) is 8.60. The number of pyridine rings is 1. The van der Waals surface area contributed by atoms with Crippen LogP contribution in [0.3, 0.4) is 0 Å². The Morgan fingerprint density at radius 2 is 1.77 bits per heavy atom. The zero-order valence-electron chi connectivity index (χ0n) is 18.4. The molecule has 4 nitrogen and oxygen atoms in total. The van der Waals surface area contributed by atoms with Gasteiger partial charge in [-0.1, -0.05) is 68.8 Å². The molecule has 3 aromatic rings. The maximum Gasteiger partial charge on any atom is 0.251 e. The Hall–Kier alpha value is -2.98. The number of benzene rings is 2. The highest BCUT2D eigenvalue weighted by molar-refractivity contribution is 5.95. The lowest BCUT2D eigenvalue weighted by Crippen LogP contribution is -2.28. The van der Waals surface area contributed by atoms with Crippen molar-refractivity contribution in [3.8, 4) is 11.3 Å². The lowest BCUT2D eigenvalue weighted by molar-refractivity contribution is 0.0947. The van der Waals surface area contributed by atoms with Crippen LogP contribution in [0.2, 0.25) is 0 Å². The van der Waals surface area contributed by atoms with Crippen LogP contribution in [0, 0.1) is 5.92 Å². The number of carbonyl (C=O) groups excluding carboxylic acids is 1. The number of rotatable bonds is 8. The van der Waals surface area contributed by atoms with Crippen molar-refractivity contribution in [2.75, 3.05) is 6.54 Å². The minimum atomic E-state index is -0.0395. The van der Waals surface area contributed by atoms with Crippen molar-refractivity contribution in [2.45, 2.75) is 45.7 Å². The van der Waals surface area contributed by atoms with Gasteiger partial charge in [-0.05, 0) is 47.6 Å². The number of amides is 1. The van der Waals surface area contributed by atoms with E-state index in [1.807, 2.05) is 6.07 Å². The highest BCUT2D eigenvalue weighted by atomic mass is 16.1. The second kappa shape index (κ2) is 9.88. The fourth-order valence-corrected chi connectivity index (χ4v) is 4.00. The number of hydrogen-bond acceptors (Lipinski definition) is 3. The second-order valence-corrected chi connectivity index (χ2v) is 8.60. The number of nitrogens with one attached hydrogen (secondary N) is 2. The van der Waals surface area contributed by atoms with Gasteiger partial charge in [0, 0.05) is 36.5 Å². The van der Waals surface area contributed by atoms with Crippen LogP contribution in [-0.4, -0.2) is 23.5 Å². The average Bonchev–Trinajstić information content (AvgIpc) is 3.24. The molecule has 4 rings (SSSR count). The number of fused-ring (bicyclic) bond motifs is 1. The molecule has 31 heavy (non-hydrogen) atoms. The standard InChI is InChI=1S/C27H31N3O/c1-3-19(2)17-30-27(31)24-12-13-28-26(16-24)21-10-8-20(9-11-21)18-29-25-14-22-6-4-5-7-23(22)15-25/h4-13,16,19,25,29H,3,14-15,17-18H2,1-2H3,(H,30,31)/t19-/m0/s1. The maximum absolute atomic E-state index is 12.4. The zero-order chi connectivity index (χ0) is 21.6. The van der Waals surface area contributed by atoms with Crippen molar-refractivity contribution >= 4 is 5.91 Å². The molecule has 1 amide bonds. The van der Waals surface area contributed by atoms with Gasteiger partial charge in [-0.3, -0.25) is 9.78 Å². The van der Waals surface area contributed by atoms with Crippen molar-refractivity contribution in [3.63, 3.8) is 0 Å². The van der Waals surface area contributed by atoms with Crippen molar-refractivity contribution < 1.29 is 4.79 Å². The first-order valence-corrected chi connectivity index (χ1v) is 11.3. The Bertz CT molecular complexity index is 1000. The normalized spacial score (nSPS) is 14.3. The summed E-state index contributed by atoms with van der Waals surface area (Å²) in [4.78, 5) is 16.9. The van der Waals surface area contributed by atoms with Crippen LogP contribution >= 0.6 is 0 Å². The molecule has 0 unspecified atom stereocenters. The largest absolute Gasteiger partial charge is 0.352 e. The van der Waals surface area contributed by atoms with E-state index in [-0.39, 0.29) is 5.91 Å². The fraction of sp³-hybridized carbons (Fsp3) is 0.333. The van der Waals surface area contributed by atoms with Gasteiger partial charge in [0.1, 0.15) is 0 Å². The SMILES string of the molecule is CC[C@H](C)CNC(=O)c1ccnc(-c2ccc(CNC3Cc4ccccc4C3)cc2)c1. The molecule has 0 spiro atoms. The van der Waals surface area contributed by atoms with Gasteiger partial charge < -0.3 is 10.6 Å². The van der Waals surface area contributed by atoms with Gasteiger partial charge in [0.25, 0.3) is 5.91 Å². The third kappa shape index (κ3) is 5.39. The number of aromatic nitrogens is 1. The van der Waals surface area contributed by atoms with Crippen LogP contribution < -0.4 is 10.6 Å². The van der Waals surface area contributed by atoms with Gasteiger partial charge in [-0.25, -0.2) is 0 Å². The lowest BCUT2D eigenvalue weighted by atomic mass is 10.1. The summed E-state index contributed by atoms with van der Waals surface area (Å²) in [6.07, 6.45) is 4.96. The average molecular weight is 414 g/mol. The molecule has 0 fully saturated rings. The maximum atomic E-state index is 12.4. The number of carbonyl (C=O) groups is 1. The van der Waals surface area contributed by atoms with Gasteiger partial charge in [0.15, 0.2) is 0 Å². The summed E-state index contributed by atoms with van der Waals surface area (Å²) in [6, 6.07) is 21.3. The first-order valence-electron chi connectivity index (χ1n) is 11.3. The van der Waals surface area contributed by atoms with E-state index in [9.17, 15) is 4.79 Å². The summed E-state index contributed by atoms with van der Waals surface area (Å²) in [7, 11) is 0. The summed E-state index contributed by atoms with van der Waals surface area (Å²) in [5.74, 6) is 0.437. The van der Waals surface area contributed by atoms with Gasteiger partial charge in [0.2, 0.25) is 0 Å². The topological polar surface area (TPSA) is 54.0 Å². The molecule has 1 heterocycles. The predicted molar refractivity (Wildman–Crippen MR) is 126 cm³/mol. The zero-order valence-corrected chi connectivity index (χ0v) is 18.4. The van der Waals surface area contributed by atoms with E-state index in [4.69, 9.17) is 0 Å². The van der Waals surface area contributed by atoms with Crippen LogP contribution in [0.5, 0.6) is 0 Å². The molecule has 2 N–H and O–H groups in total. The number of hydrogen-bond donors (Lipinski definition) is 2. The lowest BCUT2D eigenvalue weighted by Gasteiger charge is -2.12. The van der Waals surface area contributed by atoms with Gasteiger partial charge in [0.05, 0.1) is 5.69 Å². The van der Waals surface area contributed by atoms with Crippen LogP contribution in [0.4, 0.5) is 0 Å². The molecule has 0 bridgehead atoms. The van der Waals surface area contributed by atoms with Crippen molar-refractivity contribution in [2.24, 2.45) is 5.92 Å². The predicted octanol–water partition coefficient (Wildman–Crippen LogP) is 4.78. The fourth-order valence-electron chi connectivity index (χ4n) is 4.00. The van der Waals surface area contributed by atoms with E-state index in [1.54, 1.807) is 12.3 Å². The summed E-state index contributed by atoms with van der Waals surface area (Å²) >= 11 is 0. The summed E-state index contributed by atoms with van der Waals surface area (Å²) in [5.41, 5.74) is 6.68. The molecule has 4 heteroatoms. The van der Waals surface area contributed by atoms with Gasteiger partial charge >= 0.3 is 0 Å². The molecule has 2 aromatic carbocycles. The van der Waals surface area contributed by atoms with Crippen LogP contribution in [-0.2, 0) is 19.4 Å². The third-order valence-electron chi connectivity index (χ3n) is 6.23. The molecular formula is C27H31N3O. The third-order valence-corrected chi connectivity index (χ3v) is 6.23. The Balaban J connectivity index is 1.34. The molecule has 1 aliphatic carbocycles. The molecule has 1 aromatic heterocycles. The van der Waals surface area contributed by atoms with E-state index in [0.717, 1.165) is 37.1 Å². The molecular weight excluding hydrogens is 382 g/mol. The summed E-state index contributed by atoms with van der Waals surface area (Å²) < 4.78 is 0. The first kappa shape index (κ1) is 21.3. The quantitative estimate of drug-likeness (QED) is 0.559. The van der Waals surface area contributed by atoms with Crippen LogP contribution in [0.15, 0.2) is 66.9 Å². The summed E-state index contributed by atoms with van der Waals surface area (Å²) in [6.45, 7) is 5.82. The Labute approximate surface area is 185 Å². The molecule has 1 atom stereocenters. The molecule has 0 aliphatic heterocycles. The van der Waals surface area contributed by atoms with Crippen LogP contribution in [0.25, 0.3) is 11.3 Å². The molecule has 0 saturated carbocycles. The van der Waals surface area contributed by atoms with Crippen LogP contribution in [0.1, 0.15) is 47.3 Å². The van der Waals surface area contributed by atoms with Gasteiger partial charge in [-0.2, -0.15) is 0 Å². The van der Waals surface area contributed by atoms with E-state index in [2.05, 4.69) is 78.0 Å². The Morgan fingerprint density at radius 1 is 1.06 bits per heavy atom. The molecule has 1 aliphatic rings. The minimum Gasteiger partial charge on any atom is -0.352 e. The summed E-state index contributed by atoms with van der Waals surface area (Å²) in [5, 5.41) is 6.70. The molecule has 0 radical (unpaired) electrons. The Morgan fingerprint density at radius 3 is 2.45 bits per heavy atom. The highest BCUT2D eigenvalue weighted by Crippen LogP contribution is 2.22. The monoisotopic (exact) mass is 413 g/mol. The smallest absolute Gasteiger partial charge is 0.251 e. The van der Waals surface area contributed by atoms with Gasteiger partial charge in [-0.15, -0.1) is 0 Å². The van der Waals surface area contributed by atoms with Crippen molar-refractivity contribution in [3.05, 3.63) is 89.1 Å². The number of nitrogens with zero attached hydrogens (tertiary/aromatic N) is 1. The molecule has 160 valence electrons. The van der Waals surface area contributed by atoms with E-state index < -0.39 is 0 Å². The van der Waals surface area contributed by atoms with Crippen molar-refractivity contribution in [1.82, 2.24) is 15.6 Å². The van der Waals surface area contributed by atoms with Crippen molar-refractivity contribution in [1.29, 1.82) is 0 Å². The first-order chi connectivity index (χ1) is 15.1. The highest BCUT2D eigenvalue weighted by Gasteiger charge is 2.20. The molecule has 0 saturated heterocycles. The van der Waals surface area contributed by atoms with E-state index in [0.29, 0.717) is 24.1 Å². The Kier molecular flexibility index (Phi) is 6.78. The minimum absolute atomic E-state index is 0.0395. The van der Waals surface area contributed by atoms with E-state index >= 15 is 0 Å².